The Hall–Kier alpha value is -1.59. The standard InChI is InChI=1S/C14H21N3O2/c1-14(2,15-3)12(17(4)5)9-6-7-10-11(8-9)19-13(18)16-10/h6-8,12,15H,1-5H3,(H,16,18). The van der Waals surface area contributed by atoms with Gasteiger partial charge >= 0.3 is 5.76 Å². The van der Waals surface area contributed by atoms with Crippen molar-refractivity contribution in [3.8, 4) is 0 Å². The van der Waals surface area contributed by atoms with Crippen LogP contribution in [0.5, 0.6) is 0 Å². The number of aromatic amines is 1. The van der Waals surface area contributed by atoms with Gasteiger partial charge in [0.1, 0.15) is 0 Å². The van der Waals surface area contributed by atoms with Crippen molar-refractivity contribution in [3.63, 3.8) is 0 Å². The number of hydrogen-bond acceptors (Lipinski definition) is 4. The van der Waals surface area contributed by atoms with Crippen molar-refractivity contribution >= 4 is 11.1 Å². The second-order valence-electron chi connectivity index (χ2n) is 5.61. The molecular weight excluding hydrogens is 242 g/mol. The largest absolute Gasteiger partial charge is 0.417 e. The first kappa shape index (κ1) is 13.8. The van der Waals surface area contributed by atoms with E-state index in [1.54, 1.807) is 0 Å². The fourth-order valence-electron chi connectivity index (χ4n) is 2.63. The maximum Gasteiger partial charge on any atom is 0.417 e. The van der Waals surface area contributed by atoms with Crippen molar-refractivity contribution < 1.29 is 4.42 Å². The van der Waals surface area contributed by atoms with Gasteiger partial charge in [-0.3, -0.25) is 4.98 Å². The SMILES string of the molecule is CNC(C)(C)C(c1ccc2[nH]c(=O)oc2c1)N(C)C. The van der Waals surface area contributed by atoms with Crippen LogP contribution >= 0.6 is 0 Å². The van der Waals surface area contributed by atoms with Crippen molar-refractivity contribution in [2.24, 2.45) is 0 Å². The lowest BCUT2D eigenvalue weighted by molar-refractivity contribution is 0.177. The smallest absolute Gasteiger partial charge is 0.408 e. The Morgan fingerprint density at radius 3 is 2.63 bits per heavy atom. The molecule has 0 saturated carbocycles. The predicted molar refractivity (Wildman–Crippen MR) is 76.4 cm³/mol. The zero-order valence-electron chi connectivity index (χ0n) is 12.1. The highest BCUT2D eigenvalue weighted by Gasteiger charge is 2.31. The molecule has 0 aliphatic heterocycles. The zero-order valence-corrected chi connectivity index (χ0v) is 12.1. The molecule has 5 nitrogen and oxygen atoms in total. The van der Waals surface area contributed by atoms with Gasteiger partial charge in [0.15, 0.2) is 5.58 Å². The van der Waals surface area contributed by atoms with Crippen LogP contribution in [-0.2, 0) is 0 Å². The Morgan fingerprint density at radius 1 is 1.37 bits per heavy atom. The number of oxazole rings is 1. The van der Waals surface area contributed by atoms with Gasteiger partial charge in [0.2, 0.25) is 0 Å². The molecule has 5 heteroatoms. The molecule has 104 valence electrons. The number of hydrogen-bond donors (Lipinski definition) is 2. The van der Waals surface area contributed by atoms with Gasteiger partial charge in [-0.2, -0.15) is 0 Å². The molecule has 0 bridgehead atoms. The van der Waals surface area contributed by atoms with Crippen molar-refractivity contribution in [1.82, 2.24) is 15.2 Å². The number of rotatable bonds is 4. The minimum Gasteiger partial charge on any atom is -0.408 e. The quantitative estimate of drug-likeness (QED) is 0.881. The van der Waals surface area contributed by atoms with E-state index >= 15 is 0 Å². The highest BCUT2D eigenvalue weighted by molar-refractivity contribution is 5.73. The number of fused-ring (bicyclic) bond motifs is 1. The van der Waals surface area contributed by atoms with Gasteiger partial charge < -0.3 is 14.6 Å². The molecule has 19 heavy (non-hydrogen) atoms. The number of aromatic nitrogens is 1. The second-order valence-corrected chi connectivity index (χ2v) is 5.61. The summed E-state index contributed by atoms with van der Waals surface area (Å²) in [5.74, 6) is -0.415. The zero-order chi connectivity index (χ0) is 14.2. The third kappa shape index (κ3) is 2.57. The molecule has 0 amide bonds. The molecule has 2 aromatic rings. The Balaban J connectivity index is 2.53. The summed E-state index contributed by atoms with van der Waals surface area (Å²) in [6.07, 6.45) is 0. The Kier molecular flexibility index (Phi) is 3.52. The summed E-state index contributed by atoms with van der Waals surface area (Å²) in [5, 5.41) is 3.33. The van der Waals surface area contributed by atoms with Gasteiger partial charge in [-0.05, 0) is 52.7 Å². The van der Waals surface area contributed by atoms with Gasteiger partial charge in [-0.15, -0.1) is 0 Å². The van der Waals surface area contributed by atoms with Crippen LogP contribution in [0.1, 0.15) is 25.5 Å². The van der Waals surface area contributed by atoms with Crippen LogP contribution in [-0.4, -0.2) is 36.6 Å². The molecule has 0 aliphatic carbocycles. The van der Waals surface area contributed by atoms with Crippen molar-refractivity contribution in [2.45, 2.75) is 25.4 Å². The van der Waals surface area contributed by atoms with Crippen LogP contribution < -0.4 is 11.1 Å². The minimum absolute atomic E-state index is 0.103. The first-order chi connectivity index (χ1) is 8.85. The summed E-state index contributed by atoms with van der Waals surface area (Å²) in [5.41, 5.74) is 2.34. The summed E-state index contributed by atoms with van der Waals surface area (Å²) in [4.78, 5) is 16.0. The van der Waals surface area contributed by atoms with E-state index in [-0.39, 0.29) is 11.6 Å². The Bertz CT molecular complexity index is 625. The van der Waals surface area contributed by atoms with Crippen LogP contribution in [0.25, 0.3) is 11.1 Å². The van der Waals surface area contributed by atoms with E-state index in [4.69, 9.17) is 4.42 Å². The maximum absolute atomic E-state index is 11.2. The second kappa shape index (κ2) is 4.83. The van der Waals surface area contributed by atoms with Crippen molar-refractivity contribution in [3.05, 3.63) is 34.3 Å². The molecule has 2 N–H and O–H groups in total. The van der Waals surface area contributed by atoms with Gasteiger partial charge in [-0.1, -0.05) is 6.07 Å². The van der Waals surface area contributed by atoms with E-state index in [0.29, 0.717) is 5.58 Å². The average Bonchev–Trinajstić information content (AvgIpc) is 2.67. The van der Waals surface area contributed by atoms with Crippen LogP contribution in [0.4, 0.5) is 0 Å². The molecule has 1 aromatic heterocycles. The van der Waals surface area contributed by atoms with E-state index in [0.717, 1.165) is 11.1 Å². The first-order valence-electron chi connectivity index (χ1n) is 6.33. The molecule has 0 radical (unpaired) electrons. The monoisotopic (exact) mass is 263 g/mol. The summed E-state index contributed by atoms with van der Waals surface area (Å²) in [7, 11) is 6.04. The molecule has 1 atom stereocenters. The van der Waals surface area contributed by atoms with E-state index in [1.807, 2.05) is 39.3 Å². The van der Waals surface area contributed by atoms with Crippen LogP contribution in [0.3, 0.4) is 0 Å². The lowest BCUT2D eigenvalue weighted by Gasteiger charge is -2.39. The van der Waals surface area contributed by atoms with Crippen LogP contribution in [0, 0.1) is 0 Å². The summed E-state index contributed by atoms with van der Waals surface area (Å²) in [6, 6.07) is 6.01. The topological polar surface area (TPSA) is 61.3 Å². The van der Waals surface area contributed by atoms with Gasteiger partial charge in [0.05, 0.1) is 11.6 Å². The normalized spacial score (nSPS) is 14.2. The first-order valence-corrected chi connectivity index (χ1v) is 6.33. The molecule has 0 spiro atoms. The lowest BCUT2D eigenvalue weighted by atomic mass is 9.87. The third-order valence-electron chi connectivity index (χ3n) is 3.61. The molecule has 0 saturated heterocycles. The van der Waals surface area contributed by atoms with E-state index < -0.39 is 5.76 Å². The maximum atomic E-state index is 11.2. The molecule has 0 fully saturated rings. The van der Waals surface area contributed by atoms with Crippen LogP contribution in [0.15, 0.2) is 27.4 Å². The Labute approximate surface area is 112 Å². The summed E-state index contributed by atoms with van der Waals surface area (Å²) in [6.45, 7) is 4.30. The van der Waals surface area contributed by atoms with E-state index in [2.05, 4.69) is 29.0 Å². The fourth-order valence-corrected chi connectivity index (χ4v) is 2.63. The van der Waals surface area contributed by atoms with Gasteiger partial charge in [0.25, 0.3) is 0 Å². The molecule has 1 unspecified atom stereocenters. The number of H-pyrrole nitrogens is 1. The van der Waals surface area contributed by atoms with E-state index in [9.17, 15) is 4.79 Å². The molecule has 1 heterocycles. The highest BCUT2D eigenvalue weighted by Crippen LogP contribution is 2.31. The number of nitrogens with zero attached hydrogens (tertiary/aromatic N) is 1. The van der Waals surface area contributed by atoms with Gasteiger partial charge in [0, 0.05) is 5.54 Å². The average molecular weight is 263 g/mol. The highest BCUT2D eigenvalue weighted by atomic mass is 16.4. The predicted octanol–water partition coefficient (Wildman–Crippen LogP) is 1.72. The van der Waals surface area contributed by atoms with Crippen molar-refractivity contribution in [1.29, 1.82) is 0 Å². The number of benzene rings is 1. The molecule has 0 aliphatic rings. The number of nitrogens with one attached hydrogen (secondary N) is 2. The Morgan fingerprint density at radius 2 is 2.05 bits per heavy atom. The fraction of sp³-hybridized carbons (Fsp3) is 0.500. The summed E-state index contributed by atoms with van der Waals surface area (Å²) >= 11 is 0. The third-order valence-corrected chi connectivity index (χ3v) is 3.61. The number of likely N-dealkylation sites (N-methyl/N-ethyl adjacent to an activating group) is 2. The minimum atomic E-state index is -0.415. The molecular formula is C14H21N3O2. The van der Waals surface area contributed by atoms with Gasteiger partial charge in [-0.25, -0.2) is 4.79 Å². The van der Waals surface area contributed by atoms with Crippen molar-refractivity contribution in [2.75, 3.05) is 21.1 Å². The molecule has 1 aromatic carbocycles. The van der Waals surface area contributed by atoms with E-state index in [1.165, 1.54) is 0 Å². The lowest BCUT2D eigenvalue weighted by Crippen LogP contribution is -2.48. The van der Waals surface area contributed by atoms with Crippen LogP contribution in [0.2, 0.25) is 0 Å². The molecule has 2 rings (SSSR count). The summed E-state index contributed by atoms with van der Waals surface area (Å²) < 4.78 is 5.13.